The molecule has 1 aromatic rings. The Morgan fingerprint density at radius 3 is 1.72 bits per heavy atom. The molecule has 1 aromatic carbocycles. The van der Waals surface area contributed by atoms with Crippen molar-refractivity contribution in [3.05, 3.63) is 17.7 Å². The number of sulfonamides is 1. The third-order valence-corrected chi connectivity index (χ3v) is 5.47. The van der Waals surface area contributed by atoms with Gasteiger partial charge in [-0.2, -0.15) is 4.31 Å². The molecular weight excluding hydrogens is 408 g/mol. The van der Waals surface area contributed by atoms with E-state index in [9.17, 15) is 8.42 Å². The summed E-state index contributed by atoms with van der Waals surface area (Å²) in [5.74, 6) is -1.65. The zero-order valence-corrected chi connectivity index (χ0v) is 17.6. The molecule has 2 N–H and O–H groups in total. The van der Waals surface area contributed by atoms with Crippen LogP contribution < -0.4 is 14.2 Å². The van der Waals surface area contributed by atoms with Gasteiger partial charge in [0.2, 0.25) is 10.0 Å². The second-order valence-corrected chi connectivity index (χ2v) is 8.05. The Balaban J connectivity index is 0.000000612. The number of hydrogen-bond acceptors (Lipinski definition) is 8. The van der Waals surface area contributed by atoms with Gasteiger partial charge in [-0.05, 0) is 6.07 Å². The molecule has 0 aliphatic carbocycles. The van der Waals surface area contributed by atoms with Crippen LogP contribution in [0.15, 0.2) is 12.1 Å². The molecule has 0 amide bonds. The molecule has 1 saturated heterocycles. The fourth-order valence-electron chi connectivity index (χ4n) is 2.68. The van der Waals surface area contributed by atoms with Gasteiger partial charge < -0.3 is 24.4 Å². The van der Waals surface area contributed by atoms with Crippen LogP contribution in [-0.4, -0.2) is 93.5 Å². The van der Waals surface area contributed by atoms with Gasteiger partial charge in [0.05, 0.1) is 27.6 Å². The van der Waals surface area contributed by atoms with Crippen molar-refractivity contribution >= 4 is 22.0 Å². The summed E-state index contributed by atoms with van der Waals surface area (Å²) in [6.45, 7) is 3.05. The Kier molecular flexibility index (Phi) is 9.14. The number of methoxy groups -OCH3 is 3. The van der Waals surface area contributed by atoms with Gasteiger partial charge >= 0.3 is 11.9 Å². The van der Waals surface area contributed by atoms with E-state index >= 15 is 0 Å². The lowest BCUT2D eigenvalue weighted by atomic mass is 10.1. The predicted octanol–water partition coefficient (Wildman–Crippen LogP) is -0.0548. The minimum Gasteiger partial charge on any atom is -0.496 e. The highest BCUT2D eigenvalue weighted by molar-refractivity contribution is 7.88. The molecule has 0 radical (unpaired) electrons. The molecule has 0 aromatic heterocycles. The maximum Gasteiger partial charge on any atom is 0.414 e. The van der Waals surface area contributed by atoms with Crippen molar-refractivity contribution in [2.75, 3.05) is 53.8 Å². The number of piperazine rings is 1. The van der Waals surface area contributed by atoms with Gasteiger partial charge in [-0.3, -0.25) is 4.90 Å². The maximum absolute atomic E-state index is 11.6. The summed E-state index contributed by atoms with van der Waals surface area (Å²) in [4.78, 5) is 20.4. The van der Waals surface area contributed by atoms with Gasteiger partial charge in [0, 0.05) is 44.4 Å². The third kappa shape index (κ3) is 7.40. The van der Waals surface area contributed by atoms with Crippen LogP contribution in [0, 0.1) is 0 Å². The highest BCUT2D eigenvalue weighted by Gasteiger charge is 2.24. The summed E-state index contributed by atoms with van der Waals surface area (Å²) in [7, 11) is 1.69. The van der Waals surface area contributed by atoms with Gasteiger partial charge in [-0.25, -0.2) is 18.0 Å². The first-order chi connectivity index (χ1) is 13.5. The Hall–Kier alpha value is -2.57. The highest BCUT2D eigenvalue weighted by atomic mass is 32.2. The largest absolute Gasteiger partial charge is 0.496 e. The number of aliphatic carboxylic acids is 2. The first-order valence-electron chi connectivity index (χ1n) is 8.46. The molecule has 0 unspecified atom stereocenters. The van der Waals surface area contributed by atoms with E-state index in [1.807, 2.05) is 6.07 Å². The second kappa shape index (κ2) is 10.8. The lowest BCUT2D eigenvalue weighted by Crippen LogP contribution is -2.47. The van der Waals surface area contributed by atoms with Crippen molar-refractivity contribution in [2.24, 2.45) is 0 Å². The second-order valence-electron chi connectivity index (χ2n) is 6.07. The van der Waals surface area contributed by atoms with E-state index in [0.717, 1.165) is 11.3 Å². The Morgan fingerprint density at radius 2 is 1.34 bits per heavy atom. The number of benzene rings is 1. The zero-order chi connectivity index (χ0) is 22.2. The monoisotopic (exact) mass is 434 g/mol. The number of hydrogen-bond donors (Lipinski definition) is 2. The SMILES string of the molecule is COc1cc(OC)c(OC)cc1CN1CCN(S(C)(=O)=O)CC1.O=C(O)C(=O)O. The van der Waals surface area contributed by atoms with Crippen LogP contribution in [-0.2, 0) is 26.2 Å². The predicted molar refractivity (Wildman–Crippen MR) is 103 cm³/mol. The van der Waals surface area contributed by atoms with Crippen LogP contribution in [0.25, 0.3) is 0 Å². The van der Waals surface area contributed by atoms with Gasteiger partial charge in [-0.1, -0.05) is 0 Å². The number of nitrogens with zero attached hydrogens (tertiary/aromatic N) is 2. The summed E-state index contributed by atoms with van der Waals surface area (Å²) in [6, 6.07) is 3.71. The van der Waals surface area contributed by atoms with Crippen LogP contribution in [0.1, 0.15) is 5.56 Å². The van der Waals surface area contributed by atoms with Gasteiger partial charge in [-0.15, -0.1) is 0 Å². The number of carbonyl (C=O) groups is 2. The molecule has 1 aliphatic heterocycles. The van der Waals surface area contributed by atoms with E-state index in [0.29, 0.717) is 44.2 Å². The van der Waals surface area contributed by atoms with Crippen molar-refractivity contribution in [3.8, 4) is 17.2 Å². The average Bonchev–Trinajstić information content (AvgIpc) is 2.67. The molecule has 12 heteroatoms. The molecule has 1 aliphatic rings. The summed E-state index contributed by atoms with van der Waals surface area (Å²) in [5, 5.41) is 14.8. The molecule has 1 heterocycles. The van der Waals surface area contributed by atoms with Crippen molar-refractivity contribution in [2.45, 2.75) is 6.54 Å². The van der Waals surface area contributed by atoms with Crippen LogP contribution >= 0.6 is 0 Å². The Morgan fingerprint density at radius 1 is 0.897 bits per heavy atom. The summed E-state index contributed by atoms with van der Waals surface area (Å²) in [6.07, 6.45) is 1.25. The molecule has 2 rings (SSSR count). The standard InChI is InChI=1S/C15H24N2O5S.C2H2O4/c1-20-13-10-15(22-3)14(21-2)9-12(13)11-16-5-7-17(8-6-16)23(4,18)19;3-1(4)2(5)6/h9-10H,5-8,11H2,1-4H3;(H,3,4)(H,5,6). The van der Waals surface area contributed by atoms with Gasteiger partial charge in [0.25, 0.3) is 0 Å². The molecule has 164 valence electrons. The molecule has 0 spiro atoms. The first kappa shape index (κ1) is 24.5. The van der Waals surface area contributed by atoms with Crippen molar-refractivity contribution in [1.82, 2.24) is 9.21 Å². The number of rotatable bonds is 6. The Labute approximate surface area is 169 Å². The van der Waals surface area contributed by atoms with Crippen LogP contribution in [0.2, 0.25) is 0 Å². The van der Waals surface area contributed by atoms with Crippen molar-refractivity contribution in [3.63, 3.8) is 0 Å². The van der Waals surface area contributed by atoms with E-state index in [4.69, 9.17) is 34.0 Å². The van der Waals surface area contributed by atoms with E-state index in [1.165, 1.54) is 10.6 Å². The first-order valence-corrected chi connectivity index (χ1v) is 10.3. The minimum absolute atomic E-state index is 0.508. The van der Waals surface area contributed by atoms with E-state index in [2.05, 4.69) is 4.90 Å². The number of ether oxygens (including phenoxy) is 3. The normalized spacial score (nSPS) is 15.0. The lowest BCUT2D eigenvalue weighted by Gasteiger charge is -2.33. The molecule has 1 fully saturated rings. The topological polar surface area (TPSA) is 143 Å². The zero-order valence-electron chi connectivity index (χ0n) is 16.7. The van der Waals surface area contributed by atoms with E-state index in [1.54, 1.807) is 27.4 Å². The smallest absolute Gasteiger partial charge is 0.414 e. The van der Waals surface area contributed by atoms with Gasteiger partial charge in [0.1, 0.15) is 5.75 Å². The fourth-order valence-corrected chi connectivity index (χ4v) is 3.50. The van der Waals surface area contributed by atoms with Gasteiger partial charge in [0.15, 0.2) is 11.5 Å². The molecule has 11 nitrogen and oxygen atoms in total. The summed E-state index contributed by atoms with van der Waals surface area (Å²) < 4.78 is 40.7. The molecule has 0 bridgehead atoms. The minimum atomic E-state index is -3.11. The highest BCUT2D eigenvalue weighted by Crippen LogP contribution is 2.35. The summed E-state index contributed by atoms with van der Waals surface area (Å²) in [5.41, 5.74) is 0.984. The molecule has 0 atom stereocenters. The average molecular weight is 434 g/mol. The van der Waals surface area contributed by atoms with Crippen LogP contribution in [0.4, 0.5) is 0 Å². The van der Waals surface area contributed by atoms with Crippen molar-refractivity contribution < 1.29 is 42.4 Å². The number of carboxylic acids is 2. The lowest BCUT2D eigenvalue weighted by molar-refractivity contribution is -0.159. The quantitative estimate of drug-likeness (QED) is 0.585. The number of carboxylic acid groups (broad SMARTS) is 2. The fraction of sp³-hybridized carbons (Fsp3) is 0.529. The third-order valence-electron chi connectivity index (χ3n) is 4.16. The van der Waals surface area contributed by atoms with Crippen molar-refractivity contribution in [1.29, 1.82) is 0 Å². The molecule has 0 saturated carbocycles. The maximum atomic E-state index is 11.6. The Bertz CT molecular complexity index is 806. The van der Waals surface area contributed by atoms with Crippen LogP contribution in [0.5, 0.6) is 17.2 Å². The van der Waals surface area contributed by atoms with E-state index < -0.39 is 22.0 Å². The molecular formula is C17H26N2O9S. The van der Waals surface area contributed by atoms with E-state index in [-0.39, 0.29) is 0 Å². The molecule has 29 heavy (non-hydrogen) atoms. The summed E-state index contributed by atoms with van der Waals surface area (Å²) >= 11 is 0. The van der Waals surface area contributed by atoms with Crippen LogP contribution in [0.3, 0.4) is 0 Å².